The molecule has 2 aromatic rings. The van der Waals surface area contributed by atoms with Gasteiger partial charge in [-0.15, -0.1) is 0 Å². The number of carbonyl (C=O) groups excluding carboxylic acids is 1. The number of amides is 1. The van der Waals surface area contributed by atoms with Crippen LogP contribution in [0.25, 0.3) is 11.1 Å². The fraction of sp³-hybridized carbons (Fsp3) is 0.263. The molecule has 0 aliphatic carbocycles. The van der Waals surface area contributed by atoms with Crippen LogP contribution < -0.4 is 0 Å². The van der Waals surface area contributed by atoms with Crippen LogP contribution in [0.3, 0.4) is 0 Å². The van der Waals surface area contributed by atoms with Crippen molar-refractivity contribution in [3.63, 3.8) is 0 Å². The average Bonchev–Trinajstić information content (AvgIpc) is 2.53. The Hall–Kier alpha value is -2.33. The minimum absolute atomic E-state index is 0.0296. The monoisotopic (exact) mass is 343 g/mol. The minimum atomic E-state index is -0.837. The van der Waals surface area contributed by atoms with Gasteiger partial charge in [0.15, 0.2) is 0 Å². The molecule has 124 valence electrons. The van der Waals surface area contributed by atoms with Gasteiger partial charge >= 0.3 is 5.97 Å². The molecule has 1 aliphatic heterocycles. The molecule has 0 aromatic heterocycles. The predicted octanol–water partition coefficient (Wildman–Crippen LogP) is 3.65. The Labute approximate surface area is 145 Å². The second-order valence-electron chi connectivity index (χ2n) is 6.10. The van der Waals surface area contributed by atoms with Crippen LogP contribution in [-0.2, 0) is 9.59 Å². The standard InChI is InChI=1S/C19H18ClNO3/c1-12(18(22)21-10-15(11-21)19(23)24)13-6-8-14(9-7-13)16-4-2-3-5-17(16)20/h2-9,12,15H,10-11H2,1H3,(H,23,24). The van der Waals surface area contributed by atoms with Gasteiger partial charge in [0.2, 0.25) is 5.91 Å². The van der Waals surface area contributed by atoms with E-state index in [0.29, 0.717) is 18.1 Å². The summed E-state index contributed by atoms with van der Waals surface area (Å²) in [6.45, 7) is 2.45. The van der Waals surface area contributed by atoms with Crippen molar-refractivity contribution in [1.29, 1.82) is 0 Å². The first-order chi connectivity index (χ1) is 11.5. The quantitative estimate of drug-likeness (QED) is 0.921. The molecule has 0 radical (unpaired) electrons. The van der Waals surface area contributed by atoms with E-state index in [1.54, 1.807) is 4.90 Å². The van der Waals surface area contributed by atoms with Gasteiger partial charge in [0.25, 0.3) is 0 Å². The summed E-state index contributed by atoms with van der Waals surface area (Å²) in [5.41, 5.74) is 2.87. The average molecular weight is 344 g/mol. The van der Waals surface area contributed by atoms with Crippen molar-refractivity contribution in [3.8, 4) is 11.1 Å². The van der Waals surface area contributed by atoms with E-state index < -0.39 is 11.9 Å². The van der Waals surface area contributed by atoms with Crippen LogP contribution in [0.15, 0.2) is 48.5 Å². The number of benzene rings is 2. The van der Waals surface area contributed by atoms with Gasteiger partial charge in [-0.3, -0.25) is 9.59 Å². The molecule has 4 nitrogen and oxygen atoms in total. The molecule has 0 bridgehead atoms. The Kier molecular flexibility index (Phi) is 4.58. The second kappa shape index (κ2) is 6.65. The third kappa shape index (κ3) is 3.15. The van der Waals surface area contributed by atoms with Crippen molar-refractivity contribution in [3.05, 3.63) is 59.1 Å². The lowest BCUT2D eigenvalue weighted by atomic mass is 9.93. The lowest BCUT2D eigenvalue weighted by Crippen LogP contribution is -2.54. The molecule has 1 amide bonds. The molecule has 1 aliphatic rings. The van der Waals surface area contributed by atoms with Crippen LogP contribution in [0, 0.1) is 5.92 Å². The Morgan fingerprint density at radius 3 is 2.33 bits per heavy atom. The number of likely N-dealkylation sites (tertiary alicyclic amines) is 1. The number of hydrogen-bond acceptors (Lipinski definition) is 2. The lowest BCUT2D eigenvalue weighted by molar-refractivity contribution is -0.153. The lowest BCUT2D eigenvalue weighted by Gasteiger charge is -2.38. The molecular formula is C19H18ClNO3. The van der Waals surface area contributed by atoms with Gasteiger partial charge in [-0.05, 0) is 24.1 Å². The van der Waals surface area contributed by atoms with E-state index in [1.807, 2.05) is 55.5 Å². The summed E-state index contributed by atoms with van der Waals surface area (Å²) >= 11 is 6.21. The Morgan fingerprint density at radius 1 is 1.12 bits per heavy atom. The first-order valence-corrected chi connectivity index (χ1v) is 8.21. The van der Waals surface area contributed by atoms with Crippen molar-refractivity contribution < 1.29 is 14.7 Å². The summed E-state index contributed by atoms with van der Waals surface area (Å²) in [5.74, 6) is -1.59. The van der Waals surface area contributed by atoms with Crippen LogP contribution in [-0.4, -0.2) is 35.0 Å². The minimum Gasteiger partial charge on any atom is -0.481 e. The summed E-state index contributed by atoms with van der Waals surface area (Å²) in [6, 6.07) is 15.4. The third-order valence-corrected chi connectivity index (χ3v) is 4.84. The molecule has 2 aromatic carbocycles. The van der Waals surface area contributed by atoms with Crippen LogP contribution in [0.2, 0.25) is 5.02 Å². The summed E-state index contributed by atoms with van der Waals surface area (Å²) in [6.07, 6.45) is 0. The van der Waals surface area contributed by atoms with Crippen molar-refractivity contribution in [2.24, 2.45) is 5.92 Å². The summed E-state index contributed by atoms with van der Waals surface area (Å²) < 4.78 is 0. The summed E-state index contributed by atoms with van der Waals surface area (Å²) in [4.78, 5) is 24.9. The van der Waals surface area contributed by atoms with Gasteiger partial charge in [-0.1, -0.05) is 54.1 Å². The van der Waals surface area contributed by atoms with E-state index in [1.165, 1.54) is 0 Å². The maximum Gasteiger partial charge on any atom is 0.310 e. The van der Waals surface area contributed by atoms with Gasteiger partial charge < -0.3 is 10.0 Å². The highest BCUT2D eigenvalue weighted by atomic mass is 35.5. The van der Waals surface area contributed by atoms with Gasteiger partial charge in [0, 0.05) is 23.7 Å². The van der Waals surface area contributed by atoms with Crippen LogP contribution in [0.4, 0.5) is 0 Å². The third-order valence-electron chi connectivity index (χ3n) is 4.51. The predicted molar refractivity (Wildman–Crippen MR) is 93.0 cm³/mol. The van der Waals surface area contributed by atoms with E-state index >= 15 is 0 Å². The molecule has 1 saturated heterocycles. The number of aliphatic carboxylic acids is 1. The Bertz CT molecular complexity index is 766. The molecule has 5 heteroatoms. The van der Waals surface area contributed by atoms with Gasteiger partial charge in [-0.2, -0.15) is 0 Å². The van der Waals surface area contributed by atoms with Crippen molar-refractivity contribution in [1.82, 2.24) is 4.90 Å². The fourth-order valence-electron chi connectivity index (χ4n) is 2.88. The summed E-state index contributed by atoms with van der Waals surface area (Å²) in [5, 5.41) is 9.59. The zero-order valence-corrected chi connectivity index (χ0v) is 14.0. The van der Waals surface area contributed by atoms with Crippen molar-refractivity contribution in [2.75, 3.05) is 13.1 Å². The highest BCUT2D eigenvalue weighted by molar-refractivity contribution is 6.33. The zero-order chi connectivity index (χ0) is 17.3. The van der Waals surface area contributed by atoms with E-state index in [9.17, 15) is 9.59 Å². The SMILES string of the molecule is CC(C(=O)N1CC(C(=O)O)C1)c1ccc(-c2ccccc2Cl)cc1. The van der Waals surface area contributed by atoms with E-state index in [0.717, 1.165) is 16.7 Å². The van der Waals surface area contributed by atoms with Gasteiger partial charge in [-0.25, -0.2) is 0 Å². The van der Waals surface area contributed by atoms with E-state index in [4.69, 9.17) is 16.7 Å². The molecule has 24 heavy (non-hydrogen) atoms. The highest BCUT2D eigenvalue weighted by Crippen LogP contribution is 2.30. The molecule has 0 spiro atoms. The van der Waals surface area contributed by atoms with E-state index in [2.05, 4.69) is 0 Å². The molecule has 3 rings (SSSR count). The fourth-order valence-corrected chi connectivity index (χ4v) is 3.12. The van der Waals surface area contributed by atoms with Crippen LogP contribution >= 0.6 is 11.6 Å². The number of rotatable bonds is 4. The molecule has 1 N–H and O–H groups in total. The maximum atomic E-state index is 12.4. The number of carboxylic acid groups (broad SMARTS) is 1. The maximum absolute atomic E-state index is 12.4. The van der Waals surface area contributed by atoms with Crippen molar-refractivity contribution in [2.45, 2.75) is 12.8 Å². The smallest absolute Gasteiger partial charge is 0.310 e. The normalized spacial score (nSPS) is 15.7. The first-order valence-electron chi connectivity index (χ1n) is 7.84. The largest absolute Gasteiger partial charge is 0.481 e. The first kappa shape index (κ1) is 16.5. The number of carbonyl (C=O) groups is 2. The Balaban J connectivity index is 1.70. The molecule has 1 unspecified atom stereocenters. The zero-order valence-electron chi connectivity index (χ0n) is 13.3. The molecule has 1 heterocycles. The van der Waals surface area contributed by atoms with Gasteiger partial charge in [0.1, 0.15) is 0 Å². The van der Waals surface area contributed by atoms with Crippen LogP contribution in [0.1, 0.15) is 18.4 Å². The molecule has 1 atom stereocenters. The van der Waals surface area contributed by atoms with Gasteiger partial charge in [0.05, 0.1) is 11.8 Å². The number of halogens is 1. The second-order valence-corrected chi connectivity index (χ2v) is 6.51. The van der Waals surface area contributed by atoms with E-state index in [-0.39, 0.29) is 11.8 Å². The molecular weight excluding hydrogens is 326 g/mol. The van der Waals surface area contributed by atoms with Crippen LogP contribution in [0.5, 0.6) is 0 Å². The Morgan fingerprint density at radius 2 is 1.75 bits per heavy atom. The van der Waals surface area contributed by atoms with Crippen molar-refractivity contribution >= 4 is 23.5 Å². The molecule has 0 saturated carbocycles. The molecule has 1 fully saturated rings. The topological polar surface area (TPSA) is 57.6 Å². The summed E-state index contributed by atoms with van der Waals surface area (Å²) in [7, 11) is 0. The number of carboxylic acids is 1. The number of nitrogens with zero attached hydrogens (tertiary/aromatic N) is 1. The number of hydrogen-bond donors (Lipinski definition) is 1. The highest BCUT2D eigenvalue weighted by Gasteiger charge is 2.37.